The van der Waals surface area contributed by atoms with E-state index in [9.17, 15) is 13.2 Å². The lowest BCUT2D eigenvalue weighted by Gasteiger charge is -2.09. The van der Waals surface area contributed by atoms with Crippen LogP contribution in [-0.2, 0) is 16.4 Å². The summed E-state index contributed by atoms with van der Waals surface area (Å²) in [6.07, 6.45) is 4.43. The molecule has 0 fully saturated rings. The zero-order valence-electron chi connectivity index (χ0n) is 14.4. The first kappa shape index (κ1) is 18.8. The van der Waals surface area contributed by atoms with Gasteiger partial charge in [-0.25, -0.2) is 13.2 Å². The van der Waals surface area contributed by atoms with Crippen LogP contribution in [0, 0.1) is 0 Å². The van der Waals surface area contributed by atoms with Crippen molar-refractivity contribution in [3.8, 4) is 0 Å². The van der Waals surface area contributed by atoms with Crippen LogP contribution in [0.5, 0.6) is 0 Å². The number of anilines is 3. The summed E-state index contributed by atoms with van der Waals surface area (Å²) in [5.41, 5.74) is 2.97. The average Bonchev–Trinajstić information content (AvgIpc) is 2.55. The highest BCUT2D eigenvalue weighted by Gasteiger charge is 2.05. The number of hydrogen-bond donors (Lipinski definition) is 3. The molecule has 0 aromatic heterocycles. The fourth-order valence-corrected chi connectivity index (χ4v) is 2.83. The van der Waals surface area contributed by atoms with Gasteiger partial charge in [-0.15, -0.1) is 0 Å². The van der Waals surface area contributed by atoms with E-state index >= 15 is 0 Å². The Labute approximate surface area is 148 Å². The molecule has 25 heavy (non-hydrogen) atoms. The summed E-state index contributed by atoms with van der Waals surface area (Å²) in [6.45, 7) is 2.16. The summed E-state index contributed by atoms with van der Waals surface area (Å²) in [7, 11) is -3.31. The molecule has 0 unspecified atom stereocenters. The second-order valence-electron chi connectivity index (χ2n) is 5.83. The van der Waals surface area contributed by atoms with E-state index in [0.29, 0.717) is 17.1 Å². The van der Waals surface area contributed by atoms with Gasteiger partial charge < -0.3 is 10.6 Å². The summed E-state index contributed by atoms with van der Waals surface area (Å²) in [4.78, 5) is 12.0. The van der Waals surface area contributed by atoms with E-state index in [1.165, 1.54) is 5.56 Å². The molecule has 0 aliphatic rings. The molecule has 6 nitrogen and oxygen atoms in total. The van der Waals surface area contributed by atoms with Crippen LogP contribution in [0.1, 0.15) is 25.3 Å². The van der Waals surface area contributed by atoms with E-state index in [4.69, 9.17) is 0 Å². The first-order valence-electron chi connectivity index (χ1n) is 8.10. The molecular weight excluding hydrogens is 338 g/mol. The van der Waals surface area contributed by atoms with Crippen LogP contribution in [0.25, 0.3) is 0 Å². The molecule has 2 aromatic rings. The monoisotopic (exact) mass is 361 g/mol. The standard InChI is InChI=1S/C18H23N3O3S/c1-3-4-5-14-6-8-15(9-7-14)19-18(22)20-16-10-12-17(13-11-16)21-25(2,23)24/h6-13,21H,3-5H2,1-2H3,(H2,19,20,22). The first-order chi connectivity index (χ1) is 11.9. The molecule has 0 radical (unpaired) electrons. The van der Waals surface area contributed by atoms with E-state index in [2.05, 4.69) is 22.3 Å². The zero-order valence-corrected chi connectivity index (χ0v) is 15.2. The molecule has 134 valence electrons. The lowest BCUT2D eigenvalue weighted by molar-refractivity contribution is 0.262. The Bertz CT molecular complexity index is 800. The van der Waals surface area contributed by atoms with Crippen LogP contribution >= 0.6 is 0 Å². The van der Waals surface area contributed by atoms with Gasteiger partial charge in [0, 0.05) is 17.1 Å². The highest BCUT2D eigenvalue weighted by Crippen LogP contribution is 2.16. The molecule has 0 atom stereocenters. The van der Waals surface area contributed by atoms with E-state index in [-0.39, 0.29) is 6.03 Å². The molecule has 2 rings (SSSR count). The van der Waals surface area contributed by atoms with Crippen molar-refractivity contribution in [1.82, 2.24) is 0 Å². The Morgan fingerprint density at radius 3 is 1.84 bits per heavy atom. The van der Waals surface area contributed by atoms with Crippen molar-refractivity contribution in [3.63, 3.8) is 0 Å². The van der Waals surface area contributed by atoms with E-state index in [1.807, 2.05) is 24.3 Å². The number of amides is 2. The van der Waals surface area contributed by atoms with Crippen molar-refractivity contribution in [2.24, 2.45) is 0 Å². The highest BCUT2D eigenvalue weighted by atomic mass is 32.2. The Balaban J connectivity index is 1.89. The van der Waals surface area contributed by atoms with Crippen molar-refractivity contribution in [3.05, 3.63) is 54.1 Å². The van der Waals surface area contributed by atoms with Crippen molar-refractivity contribution in [1.29, 1.82) is 0 Å². The Morgan fingerprint density at radius 1 is 0.880 bits per heavy atom. The smallest absolute Gasteiger partial charge is 0.308 e. The third kappa shape index (κ3) is 6.84. The van der Waals surface area contributed by atoms with Gasteiger partial charge in [0.05, 0.1) is 6.26 Å². The van der Waals surface area contributed by atoms with E-state index < -0.39 is 10.0 Å². The van der Waals surface area contributed by atoms with Crippen molar-refractivity contribution in [2.45, 2.75) is 26.2 Å². The average molecular weight is 361 g/mol. The molecule has 3 N–H and O–H groups in total. The van der Waals surface area contributed by atoms with Gasteiger partial charge >= 0.3 is 6.03 Å². The summed E-state index contributed by atoms with van der Waals surface area (Å²) >= 11 is 0. The van der Waals surface area contributed by atoms with Crippen LogP contribution in [0.2, 0.25) is 0 Å². The maximum Gasteiger partial charge on any atom is 0.323 e. The Hall–Kier alpha value is -2.54. The fourth-order valence-electron chi connectivity index (χ4n) is 2.26. The van der Waals surface area contributed by atoms with Crippen LogP contribution in [0.4, 0.5) is 21.9 Å². The van der Waals surface area contributed by atoms with Gasteiger partial charge in [0.1, 0.15) is 0 Å². The topological polar surface area (TPSA) is 87.3 Å². The first-order valence-corrected chi connectivity index (χ1v) is 9.99. The van der Waals surface area contributed by atoms with Gasteiger partial charge in [0.2, 0.25) is 10.0 Å². The third-order valence-electron chi connectivity index (χ3n) is 3.48. The van der Waals surface area contributed by atoms with Gasteiger partial charge in [-0.1, -0.05) is 25.5 Å². The summed E-state index contributed by atoms with van der Waals surface area (Å²) in [5.74, 6) is 0. The zero-order chi connectivity index (χ0) is 18.3. The van der Waals surface area contributed by atoms with Crippen LogP contribution in [0.15, 0.2) is 48.5 Å². The largest absolute Gasteiger partial charge is 0.323 e. The number of carbonyl (C=O) groups excluding carboxylic acids is 1. The number of benzene rings is 2. The molecule has 0 aliphatic carbocycles. The van der Waals surface area contributed by atoms with Gasteiger partial charge in [0.25, 0.3) is 0 Å². The fraction of sp³-hybridized carbons (Fsp3) is 0.278. The van der Waals surface area contributed by atoms with Gasteiger partial charge in [-0.05, 0) is 54.8 Å². The van der Waals surface area contributed by atoms with E-state index in [1.54, 1.807) is 24.3 Å². The molecule has 0 spiro atoms. The number of urea groups is 1. The molecule has 0 aliphatic heterocycles. The molecule has 0 saturated carbocycles. The van der Waals surface area contributed by atoms with Crippen molar-refractivity contribution >= 4 is 33.1 Å². The summed E-state index contributed by atoms with van der Waals surface area (Å²) in [6, 6.07) is 13.8. The predicted molar refractivity (Wildman–Crippen MR) is 103 cm³/mol. The van der Waals surface area contributed by atoms with Crippen molar-refractivity contribution < 1.29 is 13.2 Å². The van der Waals surface area contributed by atoms with Gasteiger partial charge in [0.15, 0.2) is 0 Å². The predicted octanol–water partition coefficient (Wildman–Crippen LogP) is 4.04. The number of sulfonamides is 1. The third-order valence-corrected chi connectivity index (χ3v) is 4.08. The molecular formula is C18H23N3O3S. The van der Waals surface area contributed by atoms with Crippen molar-refractivity contribution in [2.75, 3.05) is 21.6 Å². The van der Waals surface area contributed by atoms with Gasteiger partial charge in [-0.2, -0.15) is 0 Å². The number of carbonyl (C=O) groups is 1. The number of aryl methyl sites for hydroxylation is 1. The minimum atomic E-state index is -3.31. The highest BCUT2D eigenvalue weighted by molar-refractivity contribution is 7.92. The normalized spacial score (nSPS) is 11.0. The quantitative estimate of drug-likeness (QED) is 0.695. The summed E-state index contributed by atoms with van der Waals surface area (Å²) in [5, 5.41) is 5.47. The van der Waals surface area contributed by atoms with Crippen LogP contribution in [0.3, 0.4) is 0 Å². The maximum absolute atomic E-state index is 12.0. The molecule has 7 heteroatoms. The molecule has 0 bridgehead atoms. The lowest BCUT2D eigenvalue weighted by Crippen LogP contribution is -2.19. The SMILES string of the molecule is CCCCc1ccc(NC(=O)Nc2ccc(NS(C)(=O)=O)cc2)cc1. The van der Waals surface area contributed by atoms with E-state index in [0.717, 1.165) is 25.5 Å². The molecule has 0 heterocycles. The molecule has 0 saturated heterocycles. The maximum atomic E-state index is 12.0. The summed E-state index contributed by atoms with van der Waals surface area (Å²) < 4.78 is 24.7. The van der Waals surface area contributed by atoms with Crippen LogP contribution < -0.4 is 15.4 Å². The number of hydrogen-bond acceptors (Lipinski definition) is 3. The number of unbranched alkanes of at least 4 members (excludes halogenated alkanes) is 1. The second kappa shape index (κ2) is 8.53. The molecule has 2 amide bonds. The minimum Gasteiger partial charge on any atom is -0.308 e. The second-order valence-corrected chi connectivity index (χ2v) is 7.58. The Morgan fingerprint density at radius 2 is 1.36 bits per heavy atom. The van der Waals surface area contributed by atoms with Crippen LogP contribution in [-0.4, -0.2) is 20.7 Å². The minimum absolute atomic E-state index is 0.356. The Kier molecular flexibility index (Phi) is 6.41. The molecule has 2 aromatic carbocycles. The van der Waals surface area contributed by atoms with Gasteiger partial charge in [-0.3, -0.25) is 4.72 Å². The number of nitrogens with one attached hydrogen (secondary N) is 3. The lowest BCUT2D eigenvalue weighted by atomic mass is 10.1. The number of rotatable bonds is 7.